The molecular formula is C23H36N2O3. The highest BCUT2D eigenvalue weighted by Crippen LogP contribution is 2.40. The van der Waals surface area contributed by atoms with E-state index in [4.69, 9.17) is 14.2 Å². The first kappa shape index (κ1) is 19.8. The molecule has 28 heavy (non-hydrogen) atoms. The average molecular weight is 389 g/mol. The quantitative estimate of drug-likeness (QED) is 0.737. The van der Waals surface area contributed by atoms with E-state index >= 15 is 0 Å². The second-order valence-corrected chi connectivity index (χ2v) is 8.62. The van der Waals surface area contributed by atoms with E-state index in [0.29, 0.717) is 6.04 Å². The number of benzene rings is 1. The number of piperazine rings is 1. The second-order valence-electron chi connectivity index (χ2n) is 8.62. The lowest BCUT2D eigenvalue weighted by molar-refractivity contribution is -0.00415. The molecule has 0 spiro atoms. The molecule has 0 radical (unpaired) electrons. The normalized spacial score (nSPS) is 26.8. The van der Waals surface area contributed by atoms with Gasteiger partial charge in [0.25, 0.3) is 0 Å². The van der Waals surface area contributed by atoms with Crippen LogP contribution in [0.25, 0.3) is 0 Å². The van der Waals surface area contributed by atoms with Crippen LogP contribution in [-0.4, -0.2) is 62.8 Å². The molecule has 1 aromatic rings. The number of ether oxygens (including phenoxy) is 3. The first-order chi connectivity index (χ1) is 13.7. The predicted octanol–water partition coefficient (Wildman–Crippen LogP) is 3.94. The lowest BCUT2D eigenvalue weighted by Crippen LogP contribution is -2.59. The SMILES string of the molecule is COc1cc(OC)c(OC)cc1CN1CCN2CCC[C@H]2[C@H]1C1CCCCC1. The Kier molecular flexibility index (Phi) is 6.32. The van der Waals surface area contributed by atoms with E-state index in [0.717, 1.165) is 42.3 Å². The topological polar surface area (TPSA) is 34.2 Å². The van der Waals surface area contributed by atoms with Crippen LogP contribution >= 0.6 is 0 Å². The minimum absolute atomic E-state index is 0.675. The molecule has 0 aromatic heterocycles. The summed E-state index contributed by atoms with van der Waals surface area (Å²) in [6.45, 7) is 4.56. The lowest BCUT2D eigenvalue weighted by atomic mass is 9.78. The fourth-order valence-corrected chi connectivity index (χ4v) is 5.87. The molecule has 1 saturated carbocycles. The van der Waals surface area contributed by atoms with Gasteiger partial charge >= 0.3 is 0 Å². The van der Waals surface area contributed by atoms with Crippen LogP contribution in [0.1, 0.15) is 50.5 Å². The van der Waals surface area contributed by atoms with Crippen LogP contribution in [-0.2, 0) is 6.54 Å². The predicted molar refractivity (Wildman–Crippen MR) is 111 cm³/mol. The van der Waals surface area contributed by atoms with Gasteiger partial charge in [-0.05, 0) is 44.2 Å². The Morgan fingerprint density at radius 3 is 2.21 bits per heavy atom. The van der Waals surface area contributed by atoms with Crippen molar-refractivity contribution in [2.45, 2.75) is 63.6 Å². The van der Waals surface area contributed by atoms with Gasteiger partial charge in [-0.1, -0.05) is 19.3 Å². The van der Waals surface area contributed by atoms with Gasteiger partial charge in [0.05, 0.1) is 21.3 Å². The molecule has 0 unspecified atom stereocenters. The molecule has 2 heterocycles. The summed E-state index contributed by atoms with van der Waals surface area (Å²) < 4.78 is 16.8. The first-order valence-corrected chi connectivity index (χ1v) is 11.0. The van der Waals surface area contributed by atoms with Crippen molar-refractivity contribution in [2.75, 3.05) is 41.0 Å². The number of fused-ring (bicyclic) bond motifs is 1. The third kappa shape index (κ3) is 3.84. The number of methoxy groups -OCH3 is 3. The smallest absolute Gasteiger partial charge is 0.164 e. The molecule has 2 atom stereocenters. The van der Waals surface area contributed by atoms with E-state index in [1.54, 1.807) is 21.3 Å². The van der Waals surface area contributed by atoms with Gasteiger partial charge in [0.15, 0.2) is 11.5 Å². The lowest BCUT2D eigenvalue weighted by Gasteiger charge is -2.49. The van der Waals surface area contributed by atoms with Crippen molar-refractivity contribution in [2.24, 2.45) is 5.92 Å². The zero-order valence-corrected chi connectivity index (χ0v) is 17.8. The Morgan fingerprint density at radius 1 is 0.786 bits per heavy atom. The summed E-state index contributed by atoms with van der Waals surface area (Å²) in [5.74, 6) is 3.25. The summed E-state index contributed by atoms with van der Waals surface area (Å²) in [7, 11) is 5.13. The maximum Gasteiger partial charge on any atom is 0.164 e. The molecule has 4 rings (SSSR count). The van der Waals surface area contributed by atoms with Gasteiger partial charge in [-0.25, -0.2) is 0 Å². The molecule has 3 aliphatic rings. The van der Waals surface area contributed by atoms with Crippen molar-refractivity contribution in [3.05, 3.63) is 17.7 Å². The van der Waals surface area contributed by atoms with Gasteiger partial charge in [-0.15, -0.1) is 0 Å². The molecule has 0 amide bonds. The van der Waals surface area contributed by atoms with E-state index in [1.807, 2.05) is 6.07 Å². The van der Waals surface area contributed by atoms with Crippen LogP contribution < -0.4 is 14.2 Å². The van der Waals surface area contributed by atoms with Gasteiger partial charge in [0.1, 0.15) is 5.75 Å². The van der Waals surface area contributed by atoms with Crippen LogP contribution in [0.3, 0.4) is 0 Å². The molecule has 2 aliphatic heterocycles. The van der Waals surface area contributed by atoms with Crippen molar-refractivity contribution < 1.29 is 14.2 Å². The summed E-state index contributed by atoms with van der Waals surface area (Å²) in [5, 5.41) is 0. The number of nitrogens with zero attached hydrogens (tertiary/aromatic N) is 2. The van der Waals surface area contributed by atoms with E-state index in [1.165, 1.54) is 63.6 Å². The van der Waals surface area contributed by atoms with E-state index in [-0.39, 0.29) is 0 Å². The van der Waals surface area contributed by atoms with Gasteiger partial charge in [-0.3, -0.25) is 9.80 Å². The molecule has 5 heteroatoms. The Labute approximate surface area is 169 Å². The van der Waals surface area contributed by atoms with E-state index in [2.05, 4.69) is 15.9 Å². The fraction of sp³-hybridized carbons (Fsp3) is 0.739. The van der Waals surface area contributed by atoms with Crippen LogP contribution in [0.5, 0.6) is 17.2 Å². The Balaban J connectivity index is 1.61. The van der Waals surface area contributed by atoms with Crippen molar-refractivity contribution in [3.8, 4) is 17.2 Å². The maximum absolute atomic E-state index is 5.72. The van der Waals surface area contributed by atoms with Crippen LogP contribution in [0, 0.1) is 5.92 Å². The van der Waals surface area contributed by atoms with Crippen LogP contribution in [0.2, 0.25) is 0 Å². The first-order valence-electron chi connectivity index (χ1n) is 11.0. The van der Waals surface area contributed by atoms with Crippen molar-refractivity contribution in [1.29, 1.82) is 0 Å². The summed E-state index contributed by atoms with van der Waals surface area (Å²) in [6.07, 6.45) is 9.75. The monoisotopic (exact) mass is 388 g/mol. The minimum atomic E-state index is 0.675. The van der Waals surface area contributed by atoms with Crippen LogP contribution in [0.15, 0.2) is 12.1 Å². The zero-order valence-electron chi connectivity index (χ0n) is 17.8. The third-order valence-corrected chi connectivity index (χ3v) is 7.20. The molecule has 1 aliphatic carbocycles. The fourth-order valence-electron chi connectivity index (χ4n) is 5.87. The Hall–Kier alpha value is -1.46. The van der Waals surface area contributed by atoms with Crippen molar-refractivity contribution >= 4 is 0 Å². The van der Waals surface area contributed by atoms with Gasteiger partial charge in [-0.2, -0.15) is 0 Å². The van der Waals surface area contributed by atoms with Crippen molar-refractivity contribution in [3.63, 3.8) is 0 Å². The van der Waals surface area contributed by atoms with Crippen molar-refractivity contribution in [1.82, 2.24) is 9.80 Å². The van der Waals surface area contributed by atoms with E-state index in [9.17, 15) is 0 Å². The largest absolute Gasteiger partial charge is 0.496 e. The molecule has 0 bridgehead atoms. The molecule has 156 valence electrons. The minimum Gasteiger partial charge on any atom is -0.496 e. The average Bonchev–Trinajstić information content (AvgIpc) is 3.22. The highest BCUT2D eigenvalue weighted by molar-refractivity contribution is 5.50. The highest BCUT2D eigenvalue weighted by Gasteiger charge is 2.43. The number of rotatable bonds is 6. The summed E-state index contributed by atoms with van der Waals surface area (Å²) in [4.78, 5) is 5.52. The van der Waals surface area contributed by atoms with Gasteiger partial charge in [0, 0.05) is 43.3 Å². The molecule has 3 fully saturated rings. The second kappa shape index (κ2) is 8.91. The molecule has 5 nitrogen and oxygen atoms in total. The number of hydrogen-bond acceptors (Lipinski definition) is 5. The molecule has 0 N–H and O–H groups in total. The summed E-state index contributed by atoms with van der Waals surface area (Å²) in [5.41, 5.74) is 1.20. The van der Waals surface area contributed by atoms with Gasteiger partial charge < -0.3 is 14.2 Å². The summed E-state index contributed by atoms with van der Waals surface area (Å²) in [6, 6.07) is 5.49. The molecule has 2 saturated heterocycles. The highest BCUT2D eigenvalue weighted by atomic mass is 16.5. The Morgan fingerprint density at radius 2 is 1.50 bits per heavy atom. The van der Waals surface area contributed by atoms with Crippen LogP contribution in [0.4, 0.5) is 0 Å². The maximum atomic E-state index is 5.72. The molecular weight excluding hydrogens is 352 g/mol. The van der Waals surface area contributed by atoms with E-state index < -0.39 is 0 Å². The third-order valence-electron chi connectivity index (χ3n) is 7.20. The van der Waals surface area contributed by atoms with Gasteiger partial charge in [0.2, 0.25) is 0 Å². The standard InChI is InChI=1S/C23H36N2O3/c1-26-20-15-22(28-3)21(27-2)14-18(20)16-25-13-12-24-11-7-10-19(24)23(25)17-8-5-4-6-9-17/h14-15,17,19,23H,4-13,16H2,1-3H3/t19-,23+/m0/s1. The molecule has 1 aromatic carbocycles. The Bertz CT molecular complexity index is 659. The summed E-state index contributed by atoms with van der Waals surface area (Å²) >= 11 is 0. The number of hydrogen-bond donors (Lipinski definition) is 0. The zero-order chi connectivity index (χ0) is 19.5.